The SMILES string of the molecule is COC(=O)c1[nH]ncc1C(N)CO. The second kappa shape index (κ2) is 4.01. The van der Waals surface area contributed by atoms with Crippen LogP contribution < -0.4 is 5.73 Å². The molecule has 0 aliphatic rings. The summed E-state index contributed by atoms with van der Waals surface area (Å²) in [4.78, 5) is 11.1. The number of nitrogens with two attached hydrogens (primary N) is 1. The molecule has 0 amide bonds. The summed E-state index contributed by atoms with van der Waals surface area (Å²) in [6.07, 6.45) is 1.40. The van der Waals surface area contributed by atoms with Crippen LogP contribution in [0.3, 0.4) is 0 Å². The number of aliphatic hydroxyl groups excluding tert-OH is 1. The highest BCUT2D eigenvalue weighted by Crippen LogP contribution is 2.13. The lowest BCUT2D eigenvalue weighted by Gasteiger charge is -2.06. The molecular formula is C7H11N3O3. The molecule has 0 aromatic carbocycles. The van der Waals surface area contributed by atoms with Gasteiger partial charge >= 0.3 is 5.97 Å². The quantitative estimate of drug-likeness (QED) is 0.534. The zero-order chi connectivity index (χ0) is 9.84. The van der Waals surface area contributed by atoms with E-state index in [1.54, 1.807) is 0 Å². The minimum absolute atomic E-state index is 0.184. The Kier molecular flexibility index (Phi) is 2.99. The van der Waals surface area contributed by atoms with Gasteiger partial charge in [-0.3, -0.25) is 5.10 Å². The average molecular weight is 185 g/mol. The van der Waals surface area contributed by atoms with Gasteiger partial charge in [-0.1, -0.05) is 0 Å². The van der Waals surface area contributed by atoms with Crippen molar-refractivity contribution in [3.8, 4) is 0 Å². The van der Waals surface area contributed by atoms with Gasteiger partial charge in [0.25, 0.3) is 0 Å². The summed E-state index contributed by atoms with van der Waals surface area (Å²) in [6, 6.07) is -0.618. The Morgan fingerprint density at radius 1 is 1.92 bits per heavy atom. The molecule has 0 saturated heterocycles. The molecule has 1 heterocycles. The smallest absolute Gasteiger partial charge is 0.356 e. The first-order valence-corrected chi connectivity index (χ1v) is 3.68. The van der Waals surface area contributed by atoms with E-state index in [1.165, 1.54) is 13.3 Å². The van der Waals surface area contributed by atoms with E-state index in [2.05, 4.69) is 14.9 Å². The van der Waals surface area contributed by atoms with Gasteiger partial charge in [0.05, 0.1) is 26.0 Å². The molecule has 0 aliphatic heterocycles. The maximum Gasteiger partial charge on any atom is 0.356 e. The third kappa shape index (κ3) is 1.85. The molecule has 1 unspecified atom stereocenters. The first kappa shape index (κ1) is 9.69. The number of carbonyl (C=O) groups excluding carboxylic acids is 1. The predicted molar refractivity (Wildman–Crippen MR) is 43.9 cm³/mol. The molecule has 0 fully saturated rings. The van der Waals surface area contributed by atoms with Crippen molar-refractivity contribution < 1.29 is 14.6 Å². The van der Waals surface area contributed by atoms with Crippen LogP contribution in [0, 0.1) is 0 Å². The summed E-state index contributed by atoms with van der Waals surface area (Å²) < 4.78 is 4.48. The standard InChI is InChI=1S/C7H11N3O3/c1-13-7(12)6-4(2-9-10-6)5(8)3-11/h2,5,11H,3,8H2,1H3,(H,9,10). The Labute approximate surface area is 74.7 Å². The highest BCUT2D eigenvalue weighted by atomic mass is 16.5. The van der Waals surface area contributed by atoms with Gasteiger partial charge in [0.15, 0.2) is 0 Å². The van der Waals surface area contributed by atoms with Gasteiger partial charge in [0, 0.05) is 5.56 Å². The Morgan fingerprint density at radius 2 is 2.62 bits per heavy atom. The van der Waals surface area contributed by atoms with E-state index in [0.717, 1.165) is 0 Å². The zero-order valence-corrected chi connectivity index (χ0v) is 7.15. The minimum Gasteiger partial charge on any atom is -0.464 e. The van der Waals surface area contributed by atoms with E-state index < -0.39 is 12.0 Å². The van der Waals surface area contributed by atoms with Crippen LogP contribution in [-0.4, -0.2) is 35.0 Å². The molecule has 1 atom stereocenters. The third-order valence-corrected chi connectivity index (χ3v) is 1.65. The van der Waals surface area contributed by atoms with Crippen molar-refractivity contribution in [2.24, 2.45) is 5.73 Å². The van der Waals surface area contributed by atoms with Crippen LogP contribution in [-0.2, 0) is 4.74 Å². The van der Waals surface area contributed by atoms with Crippen LogP contribution in [0.4, 0.5) is 0 Å². The topological polar surface area (TPSA) is 101 Å². The van der Waals surface area contributed by atoms with Crippen LogP contribution >= 0.6 is 0 Å². The van der Waals surface area contributed by atoms with Gasteiger partial charge in [-0.2, -0.15) is 5.10 Å². The molecule has 4 N–H and O–H groups in total. The summed E-state index contributed by atoms with van der Waals surface area (Å²) in [5.41, 5.74) is 6.15. The Morgan fingerprint density at radius 3 is 3.15 bits per heavy atom. The molecule has 0 radical (unpaired) electrons. The Balaban J connectivity index is 2.95. The van der Waals surface area contributed by atoms with Crippen LogP contribution in [0.25, 0.3) is 0 Å². The van der Waals surface area contributed by atoms with Crippen LogP contribution in [0.5, 0.6) is 0 Å². The fourth-order valence-corrected chi connectivity index (χ4v) is 0.941. The number of esters is 1. The highest BCUT2D eigenvalue weighted by molar-refractivity contribution is 5.88. The fourth-order valence-electron chi connectivity index (χ4n) is 0.941. The van der Waals surface area contributed by atoms with Gasteiger partial charge < -0.3 is 15.6 Å². The largest absolute Gasteiger partial charge is 0.464 e. The van der Waals surface area contributed by atoms with Crippen molar-refractivity contribution in [3.63, 3.8) is 0 Å². The first-order chi connectivity index (χ1) is 6.20. The van der Waals surface area contributed by atoms with Crippen LogP contribution in [0.15, 0.2) is 6.20 Å². The van der Waals surface area contributed by atoms with E-state index in [-0.39, 0.29) is 12.3 Å². The molecule has 0 spiro atoms. The maximum atomic E-state index is 11.1. The molecule has 0 saturated carbocycles. The van der Waals surface area contributed by atoms with Crippen molar-refractivity contribution in [2.45, 2.75) is 6.04 Å². The predicted octanol–water partition coefficient (Wildman–Crippen LogP) is -0.812. The van der Waals surface area contributed by atoms with E-state index in [4.69, 9.17) is 10.8 Å². The molecule has 6 nitrogen and oxygen atoms in total. The number of carbonyl (C=O) groups is 1. The number of nitrogens with zero attached hydrogens (tertiary/aromatic N) is 1. The first-order valence-electron chi connectivity index (χ1n) is 3.68. The fraction of sp³-hybridized carbons (Fsp3) is 0.429. The molecule has 0 bridgehead atoms. The third-order valence-electron chi connectivity index (χ3n) is 1.65. The molecule has 13 heavy (non-hydrogen) atoms. The van der Waals surface area contributed by atoms with Gasteiger partial charge in [-0.25, -0.2) is 4.79 Å². The molecule has 6 heteroatoms. The van der Waals surface area contributed by atoms with Gasteiger partial charge in [0.2, 0.25) is 0 Å². The van der Waals surface area contributed by atoms with Crippen molar-refractivity contribution in [2.75, 3.05) is 13.7 Å². The molecule has 1 rings (SSSR count). The van der Waals surface area contributed by atoms with Gasteiger partial charge in [-0.05, 0) is 0 Å². The highest BCUT2D eigenvalue weighted by Gasteiger charge is 2.18. The molecule has 1 aromatic heterocycles. The normalized spacial score (nSPS) is 12.5. The lowest BCUT2D eigenvalue weighted by atomic mass is 10.1. The zero-order valence-electron chi connectivity index (χ0n) is 7.15. The van der Waals surface area contributed by atoms with Crippen molar-refractivity contribution in [1.29, 1.82) is 0 Å². The lowest BCUT2D eigenvalue weighted by molar-refractivity contribution is 0.0591. The average Bonchev–Trinajstić information content (AvgIpc) is 2.63. The number of H-pyrrole nitrogens is 1. The summed E-state index contributed by atoms with van der Waals surface area (Å²) in [7, 11) is 1.26. The molecule has 72 valence electrons. The summed E-state index contributed by atoms with van der Waals surface area (Å²) >= 11 is 0. The maximum absolute atomic E-state index is 11.1. The van der Waals surface area contributed by atoms with Crippen molar-refractivity contribution >= 4 is 5.97 Å². The van der Waals surface area contributed by atoms with E-state index in [0.29, 0.717) is 5.56 Å². The minimum atomic E-state index is -0.618. The number of aromatic nitrogens is 2. The summed E-state index contributed by atoms with van der Waals surface area (Å²) in [5, 5.41) is 14.9. The van der Waals surface area contributed by atoms with E-state index >= 15 is 0 Å². The number of methoxy groups -OCH3 is 1. The van der Waals surface area contributed by atoms with Gasteiger partial charge in [-0.15, -0.1) is 0 Å². The lowest BCUT2D eigenvalue weighted by Crippen LogP contribution is -2.17. The number of hydrogen-bond donors (Lipinski definition) is 3. The van der Waals surface area contributed by atoms with E-state index in [9.17, 15) is 4.79 Å². The number of nitrogens with one attached hydrogen (secondary N) is 1. The van der Waals surface area contributed by atoms with E-state index in [1.807, 2.05) is 0 Å². The number of hydrogen-bond acceptors (Lipinski definition) is 5. The molecule has 0 aliphatic carbocycles. The Hall–Kier alpha value is -1.40. The molecular weight excluding hydrogens is 174 g/mol. The number of ether oxygens (including phenoxy) is 1. The van der Waals surface area contributed by atoms with Crippen molar-refractivity contribution in [1.82, 2.24) is 10.2 Å². The number of rotatable bonds is 3. The monoisotopic (exact) mass is 185 g/mol. The van der Waals surface area contributed by atoms with Gasteiger partial charge in [0.1, 0.15) is 5.69 Å². The van der Waals surface area contributed by atoms with Crippen LogP contribution in [0.2, 0.25) is 0 Å². The molecule has 1 aromatic rings. The second-order valence-electron chi connectivity index (χ2n) is 2.48. The van der Waals surface area contributed by atoms with Crippen molar-refractivity contribution in [3.05, 3.63) is 17.5 Å². The van der Waals surface area contributed by atoms with Crippen LogP contribution in [0.1, 0.15) is 22.1 Å². The Bertz CT molecular complexity index is 297. The summed E-state index contributed by atoms with van der Waals surface area (Å²) in [5.74, 6) is -0.545. The second-order valence-corrected chi connectivity index (χ2v) is 2.48. The number of aromatic amines is 1. The number of aliphatic hydroxyl groups is 1. The summed E-state index contributed by atoms with van der Waals surface area (Å²) in [6.45, 7) is -0.247.